The Morgan fingerprint density at radius 2 is 1.20 bits per heavy atom. The van der Waals surface area contributed by atoms with Crippen molar-refractivity contribution in [3.05, 3.63) is 161 Å². The number of aryl methyl sites for hydroxylation is 7. The zero-order valence-electron chi connectivity index (χ0n) is 42.2. The van der Waals surface area contributed by atoms with Crippen LogP contribution < -0.4 is 15.8 Å². The molecule has 0 atom stereocenters. The van der Waals surface area contributed by atoms with E-state index in [1.54, 1.807) is 26.2 Å². The van der Waals surface area contributed by atoms with Gasteiger partial charge in [0.15, 0.2) is 0 Å². The quantitative estimate of drug-likeness (QED) is 0.0836. The van der Waals surface area contributed by atoms with Gasteiger partial charge in [-0.2, -0.15) is 0 Å². The summed E-state index contributed by atoms with van der Waals surface area (Å²) in [5.74, 6) is 8.35. The van der Waals surface area contributed by atoms with Crippen LogP contribution in [0.1, 0.15) is 69.5 Å². The highest BCUT2D eigenvalue weighted by atomic mass is 35.5. The molecule has 341 valence electrons. The van der Waals surface area contributed by atoms with Crippen LogP contribution in [0.15, 0.2) is 84.9 Å². The van der Waals surface area contributed by atoms with Gasteiger partial charge < -0.3 is 20.9 Å². The van der Waals surface area contributed by atoms with Gasteiger partial charge in [-0.3, -0.25) is 0 Å². The summed E-state index contributed by atoms with van der Waals surface area (Å²) < 4.78 is 25.1. The van der Waals surface area contributed by atoms with E-state index in [1.165, 1.54) is 41.4 Å². The highest BCUT2D eigenvalue weighted by Gasteiger charge is 2.09. The number of hydrogen-bond acceptors (Lipinski definition) is 9. The minimum Gasteiger partial charge on any atom is -0.497 e. The number of nitrogens with two attached hydrogens (primary N) is 1. The molecule has 0 aliphatic carbocycles. The fourth-order valence-corrected chi connectivity index (χ4v) is 5.00. The van der Waals surface area contributed by atoms with Crippen LogP contribution in [-0.2, 0) is 6.54 Å². The van der Waals surface area contributed by atoms with E-state index in [0.717, 1.165) is 40.8 Å². The van der Waals surface area contributed by atoms with Gasteiger partial charge >= 0.3 is 5.97 Å². The highest BCUT2D eigenvalue weighted by Crippen LogP contribution is 2.17. The summed E-state index contributed by atoms with van der Waals surface area (Å²) in [6.07, 6.45) is 4.25. The number of methoxy groups -OCH3 is 1. The first-order valence-electron chi connectivity index (χ1n) is 21.5. The van der Waals surface area contributed by atoms with Crippen LogP contribution in [0.3, 0.4) is 0 Å². The summed E-state index contributed by atoms with van der Waals surface area (Å²) in [5.41, 5.74) is 14.2. The first-order valence-corrected chi connectivity index (χ1v) is 21.4. The molecule has 0 saturated heterocycles. The number of nitrogens with zero attached hydrogens (tertiary/aromatic N) is 5. The Bertz CT molecular complexity index is 2430. The van der Waals surface area contributed by atoms with E-state index in [0.29, 0.717) is 21.3 Å². The van der Waals surface area contributed by atoms with E-state index in [9.17, 15) is 4.79 Å². The molecule has 5 heterocycles. The number of anilines is 2. The van der Waals surface area contributed by atoms with Crippen LogP contribution in [-0.4, -0.2) is 79.8 Å². The average Bonchev–Trinajstić information content (AvgIpc) is 3.33. The zero-order valence-corrected chi connectivity index (χ0v) is 42.0. The molecule has 0 bridgehead atoms. The average molecular weight is 989 g/mol. The van der Waals surface area contributed by atoms with Crippen LogP contribution in [0.5, 0.6) is 5.75 Å². The lowest BCUT2D eigenvalue weighted by Gasteiger charge is -2.08. The molecule has 6 rings (SSSR count). The van der Waals surface area contributed by atoms with Gasteiger partial charge in [0, 0.05) is 67.6 Å². The third-order valence-electron chi connectivity index (χ3n) is 8.14. The SMILES string of the molecule is C#CC#CC.COc1ccc(CNc2ccc(C)c(C)n2)cc1.Cc1ccc(Cl)nc1C.Cc1ccc(Cl)nc1Cl.Cc1ccc(N)nc1C.O=C(O)c1ccc(Cl)nc1Cl.[2HH].[2H][2H].[2H][2H].[B][B]B([B])[B]. The molecule has 0 unspecified atom stereocenters. The fraction of sp³-hybridized carbons (Fsp3) is 0.217. The molecule has 7 radical (unpaired) electrons. The predicted molar refractivity (Wildman–Crippen MR) is 288 cm³/mol. The lowest BCUT2D eigenvalue weighted by Crippen LogP contribution is -2.23. The van der Waals surface area contributed by atoms with Gasteiger partial charge in [-0.1, -0.05) is 100 Å². The van der Waals surface area contributed by atoms with E-state index in [2.05, 4.69) is 61.0 Å². The minimum atomic E-state index is -1.11. The van der Waals surface area contributed by atoms with Crippen molar-refractivity contribution in [2.45, 2.75) is 61.9 Å². The standard InChI is InChI=1S/C15H18N2O.C7H8ClN.C7H10N2.C6H3Cl2NO2.C6H5Cl2N.C5H4.B5.3H2/c1-11-4-9-15(17-12(11)2)16-10-13-5-7-14(18-3)8-6-13;2*1-5-3-4-7(8)9-6(5)2;7-4-2-1-3(6(10)11)5(8)9-4;1-4-2-3-5(7)9-6(4)8;1-3-5-4-2;1-4-5(2)3;;;/h4-9H,10H2,1-3H3,(H,16,17);3-4H,1-2H3;3-4H,1-2H3,(H2,8,9);1-2H,(H,10,11);2-3H,1H3;1H,2H3;;3*1H/i;;;;;;;2*1+1D;1+1. The number of carboxylic acid groups (broad SMARTS) is 1. The van der Waals surface area contributed by atoms with Crippen molar-refractivity contribution in [2.75, 3.05) is 18.2 Å². The van der Waals surface area contributed by atoms with Crippen molar-refractivity contribution >= 4 is 112 Å². The number of nitrogen functional groups attached to an aromatic ring is 1. The number of hydrogen-bond donors (Lipinski definition) is 3. The Morgan fingerprint density at radius 3 is 1.56 bits per heavy atom. The summed E-state index contributed by atoms with van der Waals surface area (Å²) in [5, 5.41) is 13.4. The number of halogens is 5. The maximum Gasteiger partial charge on any atom is 0.338 e. The Kier molecular flexibility index (Phi) is 29.4. The number of aromatic carboxylic acids is 1. The van der Waals surface area contributed by atoms with E-state index >= 15 is 0 Å². The second kappa shape index (κ2) is 34.1. The molecule has 0 amide bonds. The number of rotatable bonds is 6. The molecule has 5 aromatic heterocycles. The summed E-state index contributed by atoms with van der Waals surface area (Å²) in [7, 11) is 17.5. The van der Waals surface area contributed by atoms with Crippen LogP contribution in [0.25, 0.3) is 0 Å². The Labute approximate surface area is 428 Å². The molecule has 20 heteroatoms. The largest absolute Gasteiger partial charge is 0.497 e. The summed E-state index contributed by atoms with van der Waals surface area (Å²) in [4.78, 5) is 30.3. The maximum atomic E-state index is 10.4. The van der Waals surface area contributed by atoms with Crippen molar-refractivity contribution in [1.29, 1.82) is 0 Å². The van der Waals surface area contributed by atoms with Crippen molar-refractivity contribution in [2.24, 2.45) is 0 Å². The smallest absolute Gasteiger partial charge is 0.338 e. The van der Waals surface area contributed by atoms with E-state index in [1.807, 2.05) is 96.1 Å². The van der Waals surface area contributed by atoms with Crippen molar-refractivity contribution in [3.8, 4) is 29.9 Å². The molecular weight excluding hydrogens is 930 g/mol. The van der Waals surface area contributed by atoms with Gasteiger partial charge in [-0.15, -0.1) is 6.42 Å². The molecule has 10 nitrogen and oxygen atoms in total. The van der Waals surface area contributed by atoms with Gasteiger partial charge in [0.05, 0.1) is 12.7 Å². The van der Waals surface area contributed by atoms with E-state index < -0.39 is 12.4 Å². The summed E-state index contributed by atoms with van der Waals surface area (Å²) in [6.45, 7) is 16.4. The van der Waals surface area contributed by atoms with Gasteiger partial charge in [0.25, 0.3) is 0 Å². The van der Waals surface area contributed by atoms with Crippen molar-refractivity contribution in [1.82, 2.24) is 24.9 Å². The Morgan fingerprint density at radius 1 is 0.742 bits per heavy atom. The Balaban J connectivity index is -0.000000378. The van der Waals surface area contributed by atoms with Crippen molar-refractivity contribution in [3.63, 3.8) is 0 Å². The van der Waals surface area contributed by atoms with Gasteiger partial charge in [-0.05, 0) is 144 Å². The van der Waals surface area contributed by atoms with Gasteiger partial charge in [0.2, 0.25) is 0 Å². The highest BCUT2D eigenvalue weighted by molar-refractivity contribution is 7.60. The molecule has 4 N–H and O–H groups in total. The first kappa shape index (κ1) is 56.9. The number of terminal acetylenes is 1. The van der Waals surface area contributed by atoms with Crippen LogP contribution in [0.4, 0.5) is 11.6 Å². The number of ether oxygens (including phenoxy) is 1. The number of pyridine rings is 5. The lowest BCUT2D eigenvalue weighted by molar-refractivity contribution is 0.0696. The Hall–Kier alpha value is -5.27. The zero-order chi connectivity index (χ0) is 54.4. The van der Waals surface area contributed by atoms with Crippen LogP contribution in [0, 0.1) is 72.7 Å². The number of nitrogens with one attached hydrogen (secondary N) is 1. The third-order valence-corrected chi connectivity index (χ3v) is 9.44. The summed E-state index contributed by atoms with van der Waals surface area (Å²) in [6, 6.07) is 25.9. The number of carbonyl (C=O) groups is 1. The fourth-order valence-electron chi connectivity index (χ4n) is 4.04. The second-order valence-corrected chi connectivity index (χ2v) is 15.2. The maximum absolute atomic E-state index is 10.4. The normalized spacial score (nSPS) is 9.29. The molecule has 1 aromatic carbocycles. The molecule has 0 fully saturated rings. The van der Waals surface area contributed by atoms with E-state index in [4.69, 9.17) is 109 Å². The molecule has 6 aromatic rings. The molecule has 0 aliphatic rings. The third kappa shape index (κ3) is 27.3. The first-order chi connectivity index (χ1) is 33.1. The van der Waals surface area contributed by atoms with Crippen LogP contribution >= 0.6 is 58.0 Å². The van der Waals surface area contributed by atoms with Gasteiger partial charge in [0.1, 0.15) is 43.2 Å². The predicted octanol–water partition coefficient (Wildman–Crippen LogP) is 11.2. The molecular formula is C46H54B5Cl5N7O3. The van der Waals surface area contributed by atoms with Gasteiger partial charge in [-0.25, -0.2) is 29.7 Å². The number of benzene rings is 1. The number of aromatic nitrogens is 5. The topological polar surface area (TPSA) is 149 Å². The monoisotopic (exact) mass is 987 g/mol. The molecule has 0 aliphatic heterocycles. The second-order valence-electron chi connectivity index (χ2n) is 13.3. The minimum absolute atomic E-state index is 0. The van der Waals surface area contributed by atoms with Crippen molar-refractivity contribution < 1.29 is 22.0 Å². The molecule has 0 spiro atoms. The van der Waals surface area contributed by atoms with E-state index in [-0.39, 0.29) is 17.3 Å². The lowest BCUT2D eigenvalue weighted by atomic mass is 8.97. The number of carboxylic acids is 1. The molecule has 0 saturated carbocycles. The molecule has 66 heavy (non-hydrogen) atoms. The summed E-state index contributed by atoms with van der Waals surface area (Å²) >= 11 is 27.6. The van der Waals surface area contributed by atoms with Crippen LogP contribution in [0.2, 0.25) is 25.8 Å².